The molecular weight excluding hydrogens is 246 g/mol. The van der Waals surface area contributed by atoms with Gasteiger partial charge in [0.15, 0.2) is 0 Å². The van der Waals surface area contributed by atoms with E-state index in [9.17, 15) is 9.59 Å². The van der Waals surface area contributed by atoms with Gasteiger partial charge in [0, 0.05) is 19.6 Å². The first kappa shape index (κ1) is 15.8. The summed E-state index contributed by atoms with van der Waals surface area (Å²) < 4.78 is 5.32. The summed E-state index contributed by atoms with van der Waals surface area (Å²) in [6, 6.07) is -0.397. The van der Waals surface area contributed by atoms with Crippen LogP contribution in [-0.4, -0.2) is 55.2 Å². The molecule has 110 valence electrons. The van der Waals surface area contributed by atoms with E-state index in [0.717, 1.165) is 6.42 Å². The van der Waals surface area contributed by atoms with Gasteiger partial charge < -0.3 is 15.4 Å². The number of ether oxygens (including phenoxy) is 1. The molecule has 1 heterocycles. The molecular formula is C13H25N3O3. The van der Waals surface area contributed by atoms with E-state index < -0.39 is 17.7 Å². The van der Waals surface area contributed by atoms with Crippen molar-refractivity contribution >= 4 is 12.0 Å². The maximum absolute atomic E-state index is 12.0. The largest absolute Gasteiger partial charge is 0.444 e. The number of hydrogen-bond donors (Lipinski definition) is 2. The van der Waals surface area contributed by atoms with Gasteiger partial charge in [-0.15, -0.1) is 0 Å². The zero-order valence-electron chi connectivity index (χ0n) is 12.3. The molecule has 0 bridgehead atoms. The minimum Gasteiger partial charge on any atom is -0.444 e. The molecule has 0 radical (unpaired) electrons. The van der Waals surface area contributed by atoms with Crippen LogP contribution >= 0.6 is 0 Å². The lowest BCUT2D eigenvalue weighted by Crippen LogP contribution is -2.48. The molecule has 1 aliphatic heterocycles. The average Bonchev–Trinajstić information content (AvgIpc) is 2.75. The molecule has 0 aromatic carbocycles. The van der Waals surface area contributed by atoms with Crippen LogP contribution in [0, 0.1) is 0 Å². The van der Waals surface area contributed by atoms with Gasteiger partial charge in [0.1, 0.15) is 11.6 Å². The van der Waals surface area contributed by atoms with Gasteiger partial charge in [-0.25, -0.2) is 4.79 Å². The summed E-state index contributed by atoms with van der Waals surface area (Å²) in [6.45, 7) is 7.33. The van der Waals surface area contributed by atoms with Crippen LogP contribution in [0.2, 0.25) is 0 Å². The molecule has 0 aromatic rings. The van der Waals surface area contributed by atoms with Crippen molar-refractivity contribution < 1.29 is 14.3 Å². The molecule has 0 aliphatic carbocycles. The molecule has 0 aromatic heterocycles. The van der Waals surface area contributed by atoms with Crippen molar-refractivity contribution in [2.24, 2.45) is 0 Å². The quantitative estimate of drug-likeness (QED) is 0.739. The summed E-state index contributed by atoms with van der Waals surface area (Å²) in [6.07, 6.45) is 1.13. The van der Waals surface area contributed by atoms with Gasteiger partial charge in [0.2, 0.25) is 5.91 Å². The van der Waals surface area contributed by atoms with Crippen LogP contribution in [0.25, 0.3) is 0 Å². The van der Waals surface area contributed by atoms with Crippen LogP contribution in [-0.2, 0) is 9.53 Å². The van der Waals surface area contributed by atoms with Crippen LogP contribution in [0.1, 0.15) is 33.6 Å². The number of hydrogen-bond acceptors (Lipinski definition) is 4. The Bertz CT molecular complexity index is 326. The zero-order valence-corrected chi connectivity index (χ0v) is 12.3. The third kappa shape index (κ3) is 5.06. The highest BCUT2D eigenvalue weighted by atomic mass is 16.6. The van der Waals surface area contributed by atoms with E-state index in [1.54, 1.807) is 0 Å². The SMILES string of the molecule is CNCCNC(=O)[C@@H]1CCCN1C(=O)OC(C)(C)C. The zero-order chi connectivity index (χ0) is 14.5. The minimum absolute atomic E-state index is 0.0985. The number of carbonyl (C=O) groups is 2. The summed E-state index contributed by atoms with van der Waals surface area (Å²) >= 11 is 0. The van der Waals surface area contributed by atoms with E-state index in [0.29, 0.717) is 26.1 Å². The number of amides is 2. The Morgan fingerprint density at radius 3 is 2.58 bits per heavy atom. The van der Waals surface area contributed by atoms with Crippen LogP contribution in [0.3, 0.4) is 0 Å². The highest BCUT2D eigenvalue weighted by molar-refractivity contribution is 5.86. The van der Waals surface area contributed by atoms with E-state index in [1.165, 1.54) is 4.90 Å². The Balaban J connectivity index is 2.53. The number of likely N-dealkylation sites (tertiary alicyclic amines) is 1. The predicted molar refractivity (Wildman–Crippen MR) is 72.9 cm³/mol. The average molecular weight is 271 g/mol. The van der Waals surface area contributed by atoms with Crippen LogP contribution in [0.15, 0.2) is 0 Å². The van der Waals surface area contributed by atoms with E-state index >= 15 is 0 Å². The third-order valence-electron chi connectivity index (χ3n) is 2.86. The van der Waals surface area contributed by atoms with Crippen LogP contribution < -0.4 is 10.6 Å². The maximum Gasteiger partial charge on any atom is 0.410 e. The highest BCUT2D eigenvalue weighted by Crippen LogP contribution is 2.20. The molecule has 6 heteroatoms. The van der Waals surface area contributed by atoms with Gasteiger partial charge >= 0.3 is 6.09 Å². The molecule has 0 saturated carbocycles. The smallest absolute Gasteiger partial charge is 0.410 e. The summed E-state index contributed by atoms with van der Waals surface area (Å²) in [5.41, 5.74) is -0.535. The Kier molecular flexibility index (Phi) is 5.60. The van der Waals surface area contributed by atoms with Gasteiger partial charge in [-0.1, -0.05) is 0 Å². The van der Waals surface area contributed by atoms with E-state index in [2.05, 4.69) is 10.6 Å². The van der Waals surface area contributed by atoms with Gasteiger partial charge in [0.25, 0.3) is 0 Å². The van der Waals surface area contributed by atoms with Crippen molar-refractivity contribution in [3.63, 3.8) is 0 Å². The molecule has 6 nitrogen and oxygen atoms in total. The molecule has 1 rings (SSSR count). The van der Waals surface area contributed by atoms with Crippen molar-refractivity contribution in [3.8, 4) is 0 Å². The van der Waals surface area contributed by atoms with E-state index in [-0.39, 0.29) is 5.91 Å². The van der Waals surface area contributed by atoms with Crippen molar-refractivity contribution in [2.75, 3.05) is 26.7 Å². The Labute approximate surface area is 114 Å². The van der Waals surface area contributed by atoms with E-state index in [4.69, 9.17) is 4.74 Å². The van der Waals surface area contributed by atoms with Crippen LogP contribution in [0.4, 0.5) is 4.79 Å². The maximum atomic E-state index is 12.0. The Morgan fingerprint density at radius 2 is 2.00 bits per heavy atom. The lowest BCUT2D eigenvalue weighted by molar-refractivity contribution is -0.125. The van der Waals surface area contributed by atoms with E-state index in [1.807, 2.05) is 27.8 Å². The second-order valence-corrected chi connectivity index (χ2v) is 5.73. The van der Waals surface area contributed by atoms with Crippen molar-refractivity contribution in [2.45, 2.75) is 45.3 Å². The Morgan fingerprint density at radius 1 is 1.32 bits per heavy atom. The summed E-state index contributed by atoms with van der Waals surface area (Å²) in [7, 11) is 1.83. The fraction of sp³-hybridized carbons (Fsp3) is 0.846. The topological polar surface area (TPSA) is 70.7 Å². The van der Waals surface area contributed by atoms with Gasteiger partial charge in [-0.2, -0.15) is 0 Å². The first-order valence-corrected chi connectivity index (χ1v) is 6.77. The third-order valence-corrected chi connectivity index (χ3v) is 2.86. The molecule has 1 saturated heterocycles. The predicted octanol–water partition coefficient (Wildman–Crippen LogP) is 0.721. The number of nitrogens with zero attached hydrogens (tertiary/aromatic N) is 1. The monoisotopic (exact) mass is 271 g/mol. The molecule has 1 aliphatic rings. The standard InChI is InChI=1S/C13H25N3O3/c1-13(2,3)19-12(18)16-9-5-6-10(16)11(17)15-8-7-14-4/h10,14H,5-9H2,1-4H3,(H,15,17)/t10-/m0/s1. The lowest BCUT2D eigenvalue weighted by atomic mass is 10.2. The normalized spacial score (nSPS) is 19.4. The molecule has 0 spiro atoms. The molecule has 2 amide bonds. The number of rotatable bonds is 4. The van der Waals surface area contributed by atoms with Crippen LogP contribution in [0.5, 0.6) is 0 Å². The number of nitrogens with one attached hydrogen (secondary N) is 2. The summed E-state index contributed by atoms with van der Waals surface area (Å²) in [5, 5.41) is 5.78. The van der Waals surface area contributed by atoms with Gasteiger partial charge in [0.05, 0.1) is 0 Å². The summed E-state index contributed by atoms with van der Waals surface area (Å²) in [5.74, 6) is -0.0985. The van der Waals surface area contributed by atoms with Crippen molar-refractivity contribution in [1.29, 1.82) is 0 Å². The molecule has 1 fully saturated rings. The Hall–Kier alpha value is -1.30. The lowest BCUT2D eigenvalue weighted by Gasteiger charge is -2.28. The number of likely N-dealkylation sites (N-methyl/N-ethyl adjacent to an activating group) is 1. The van der Waals surface area contributed by atoms with Crippen molar-refractivity contribution in [3.05, 3.63) is 0 Å². The minimum atomic E-state index is -0.535. The second kappa shape index (κ2) is 6.75. The fourth-order valence-corrected chi connectivity index (χ4v) is 2.01. The summed E-state index contributed by atoms with van der Waals surface area (Å²) in [4.78, 5) is 25.6. The molecule has 0 unspecified atom stereocenters. The first-order chi connectivity index (χ1) is 8.85. The van der Waals surface area contributed by atoms with Crippen molar-refractivity contribution in [1.82, 2.24) is 15.5 Å². The highest BCUT2D eigenvalue weighted by Gasteiger charge is 2.36. The second-order valence-electron chi connectivity index (χ2n) is 5.73. The molecule has 2 N–H and O–H groups in total. The fourth-order valence-electron chi connectivity index (χ4n) is 2.01. The number of carbonyl (C=O) groups excluding carboxylic acids is 2. The molecule has 19 heavy (non-hydrogen) atoms. The molecule has 1 atom stereocenters. The van der Waals surface area contributed by atoms with Gasteiger partial charge in [-0.05, 0) is 40.7 Å². The van der Waals surface area contributed by atoms with Gasteiger partial charge in [-0.3, -0.25) is 9.69 Å². The first-order valence-electron chi connectivity index (χ1n) is 6.77.